The first-order chi connectivity index (χ1) is 34.9. The average molecular weight is 987 g/mol. The zero-order valence-electron chi connectivity index (χ0n) is 45.8. The second-order valence-electron chi connectivity index (χ2n) is 27.8. The molecular weight excluding hydrogens is 920 g/mol. The van der Waals surface area contributed by atoms with E-state index in [1.807, 2.05) is 11.3 Å². The van der Waals surface area contributed by atoms with Crippen LogP contribution in [0.2, 0.25) is 0 Å². The van der Waals surface area contributed by atoms with Gasteiger partial charge in [0.05, 0.1) is 22.1 Å². The first-order valence-corrected chi connectivity index (χ1v) is 28.3. The van der Waals surface area contributed by atoms with Crippen LogP contribution in [0.5, 0.6) is 0 Å². The number of fused-ring (bicyclic) bond motifs is 20. The lowest BCUT2D eigenvalue weighted by atomic mass is 9.46. The lowest BCUT2D eigenvalue weighted by Crippen LogP contribution is -2.60. The van der Waals surface area contributed by atoms with E-state index < -0.39 is 0 Å². The van der Waals surface area contributed by atoms with Gasteiger partial charge in [-0.05, 0) is 169 Å². The Hall–Kier alpha value is -6.24. The SMILES string of the molecule is CC(C)(C)c1ccc(N2B3c4oc5cc6c(cc5c4-n4c5ccc(C(C)(C)C)cc5c5c7oc8ccccc8c7c(c3c54)-c3cc4sc5cc7c(cc5c4cc32)C(C)(C)CCC7(C)C)C(C)(C)CCC6(C)C)cc1. The van der Waals surface area contributed by atoms with Crippen molar-refractivity contribution in [2.45, 2.75) is 155 Å². The van der Waals surface area contributed by atoms with Crippen LogP contribution in [0.15, 0.2) is 112 Å². The molecule has 6 heteroatoms. The molecule has 15 rings (SSSR count). The van der Waals surface area contributed by atoms with E-state index in [2.05, 4.69) is 209 Å². The largest absolute Gasteiger partial charge is 0.466 e. The van der Waals surface area contributed by atoms with Crippen LogP contribution < -0.4 is 15.9 Å². The molecule has 0 saturated heterocycles. The van der Waals surface area contributed by atoms with Crippen molar-refractivity contribution in [2.24, 2.45) is 0 Å². The molecule has 4 aromatic heterocycles. The Morgan fingerprint density at radius 3 is 1.77 bits per heavy atom. The van der Waals surface area contributed by atoms with Gasteiger partial charge in [0.25, 0.3) is 0 Å². The summed E-state index contributed by atoms with van der Waals surface area (Å²) in [5, 5.41) is 8.61. The van der Waals surface area contributed by atoms with Crippen LogP contribution in [0.1, 0.15) is 156 Å². The first-order valence-electron chi connectivity index (χ1n) is 27.4. The third kappa shape index (κ3) is 5.82. The molecule has 0 atom stereocenters. The van der Waals surface area contributed by atoms with Crippen LogP contribution in [0.4, 0.5) is 11.4 Å². The number of anilines is 2. The fourth-order valence-corrected chi connectivity index (χ4v) is 15.7. The smallest absolute Gasteiger partial charge is 0.376 e. The predicted molar refractivity (Wildman–Crippen MR) is 318 cm³/mol. The molecule has 7 aromatic carbocycles. The number of hydrogen-bond donors (Lipinski definition) is 0. The van der Waals surface area contributed by atoms with Crippen molar-refractivity contribution in [1.29, 1.82) is 0 Å². The maximum atomic E-state index is 7.78. The van der Waals surface area contributed by atoms with E-state index in [4.69, 9.17) is 8.83 Å². The van der Waals surface area contributed by atoms with Gasteiger partial charge in [0.15, 0.2) is 0 Å². The van der Waals surface area contributed by atoms with Crippen molar-refractivity contribution in [1.82, 2.24) is 4.57 Å². The molecule has 4 aliphatic rings. The molecule has 0 unspecified atom stereocenters. The van der Waals surface area contributed by atoms with Gasteiger partial charge in [0, 0.05) is 58.7 Å². The maximum absolute atomic E-state index is 7.78. The third-order valence-electron chi connectivity index (χ3n) is 19.2. The molecule has 2 aliphatic heterocycles. The number of aromatic nitrogens is 1. The molecule has 2 aliphatic carbocycles. The van der Waals surface area contributed by atoms with Crippen molar-refractivity contribution >= 4 is 116 Å². The molecule has 6 heterocycles. The molecule has 370 valence electrons. The molecule has 0 saturated carbocycles. The van der Waals surface area contributed by atoms with E-state index >= 15 is 0 Å². The van der Waals surface area contributed by atoms with Crippen LogP contribution >= 0.6 is 11.3 Å². The zero-order chi connectivity index (χ0) is 51.3. The van der Waals surface area contributed by atoms with Crippen LogP contribution in [-0.2, 0) is 32.5 Å². The molecular formula is C68H67BN2O2S. The normalized spacial score (nSPS) is 18.3. The quantitative estimate of drug-likeness (QED) is 0.154. The van der Waals surface area contributed by atoms with Gasteiger partial charge in [-0.15, -0.1) is 11.3 Å². The van der Waals surface area contributed by atoms with Crippen molar-refractivity contribution in [2.75, 3.05) is 4.81 Å². The topological polar surface area (TPSA) is 34.5 Å². The van der Waals surface area contributed by atoms with Crippen molar-refractivity contribution < 1.29 is 8.83 Å². The number of furan rings is 2. The molecule has 0 bridgehead atoms. The van der Waals surface area contributed by atoms with Gasteiger partial charge in [0.1, 0.15) is 22.4 Å². The van der Waals surface area contributed by atoms with Gasteiger partial charge in [-0.25, -0.2) is 0 Å². The highest BCUT2D eigenvalue weighted by molar-refractivity contribution is 7.25. The maximum Gasteiger partial charge on any atom is 0.376 e. The van der Waals surface area contributed by atoms with Gasteiger partial charge in [-0.1, -0.05) is 133 Å². The monoisotopic (exact) mass is 987 g/mol. The van der Waals surface area contributed by atoms with E-state index in [1.165, 1.54) is 121 Å². The Morgan fingerprint density at radius 2 is 1.11 bits per heavy atom. The second kappa shape index (κ2) is 14.0. The zero-order valence-corrected chi connectivity index (χ0v) is 46.7. The first kappa shape index (κ1) is 45.2. The summed E-state index contributed by atoms with van der Waals surface area (Å²) in [7, 11) is 0. The predicted octanol–water partition coefficient (Wildman–Crippen LogP) is 18.3. The van der Waals surface area contributed by atoms with Gasteiger partial charge in [-0.3, -0.25) is 0 Å². The van der Waals surface area contributed by atoms with E-state index in [0.29, 0.717) is 0 Å². The summed E-state index contributed by atoms with van der Waals surface area (Å²) in [6.07, 6.45) is 4.66. The summed E-state index contributed by atoms with van der Waals surface area (Å²) >= 11 is 1.96. The Balaban J connectivity index is 1.16. The van der Waals surface area contributed by atoms with Crippen LogP contribution in [0.25, 0.3) is 91.7 Å². The minimum absolute atomic E-state index is 0.00145. The number of para-hydroxylation sites is 1. The Labute approximate surface area is 439 Å². The number of hydrogen-bond acceptors (Lipinski definition) is 4. The summed E-state index contributed by atoms with van der Waals surface area (Å²) in [6.45, 7) is 33.2. The molecule has 74 heavy (non-hydrogen) atoms. The molecule has 0 amide bonds. The van der Waals surface area contributed by atoms with E-state index in [0.717, 1.165) is 52.0 Å². The van der Waals surface area contributed by atoms with E-state index in [9.17, 15) is 0 Å². The van der Waals surface area contributed by atoms with Gasteiger partial charge in [-0.2, -0.15) is 0 Å². The molecule has 0 fully saturated rings. The van der Waals surface area contributed by atoms with Crippen molar-refractivity contribution in [3.05, 3.63) is 137 Å². The van der Waals surface area contributed by atoms with Gasteiger partial charge in [0.2, 0.25) is 0 Å². The molecule has 4 nitrogen and oxygen atoms in total. The number of nitrogens with zero attached hydrogens (tertiary/aromatic N) is 2. The lowest BCUT2D eigenvalue weighted by Gasteiger charge is -2.42. The van der Waals surface area contributed by atoms with E-state index in [1.54, 1.807) is 0 Å². The van der Waals surface area contributed by atoms with Crippen molar-refractivity contribution in [3.8, 4) is 16.8 Å². The number of thiophene rings is 1. The molecule has 0 N–H and O–H groups in total. The highest BCUT2D eigenvalue weighted by Crippen LogP contribution is 2.56. The Bertz CT molecular complexity index is 4340. The average Bonchev–Trinajstić information content (AvgIpc) is 4.16. The lowest BCUT2D eigenvalue weighted by molar-refractivity contribution is 0.332. The Kier molecular flexibility index (Phi) is 8.53. The van der Waals surface area contributed by atoms with Gasteiger partial charge >= 0.3 is 6.85 Å². The molecule has 0 radical (unpaired) electrons. The van der Waals surface area contributed by atoms with Crippen molar-refractivity contribution in [3.63, 3.8) is 0 Å². The van der Waals surface area contributed by atoms with E-state index in [-0.39, 0.29) is 39.3 Å². The molecule has 0 spiro atoms. The summed E-state index contributed by atoms with van der Waals surface area (Å²) in [5.74, 6) is 0. The van der Waals surface area contributed by atoms with Crippen LogP contribution in [-0.4, -0.2) is 11.4 Å². The summed E-state index contributed by atoms with van der Waals surface area (Å²) in [4.78, 5) is 2.68. The minimum atomic E-state index is -0.298. The number of rotatable bonds is 1. The highest BCUT2D eigenvalue weighted by Gasteiger charge is 2.50. The summed E-state index contributed by atoms with van der Waals surface area (Å²) in [5.41, 5.74) is 22.2. The highest BCUT2D eigenvalue weighted by atomic mass is 32.1. The number of benzene rings is 7. The fraction of sp³-hybridized carbons (Fsp3) is 0.353. The van der Waals surface area contributed by atoms with Crippen LogP contribution in [0.3, 0.4) is 0 Å². The minimum Gasteiger partial charge on any atom is -0.466 e. The fourth-order valence-electron chi connectivity index (χ4n) is 14.5. The standard InChI is InChI=1S/C68H67BN2O2S/c1-63(2,3)36-19-22-38(23-20-36)71-50-32-41-40-30-45-48(68(13,14)28-26-65(45,7)8)35-54(40)74-53(41)33-43(50)55-56-39-17-15-16-18-51(39)72-61(56)57-42-29-37(64(4,5)6)21-24-49(42)70-59-44-31-46-47(67(11,12)27-25-66(46,9)10)34-52(44)73-62(59)69(71)58(55)60(57)70/h15-24,29-35H,25-28H2,1-14H3. The third-order valence-corrected chi connectivity index (χ3v) is 20.3. The van der Waals surface area contributed by atoms with Gasteiger partial charge < -0.3 is 18.2 Å². The summed E-state index contributed by atoms with van der Waals surface area (Å²) in [6, 6.07) is 40.8. The molecule has 11 aromatic rings. The summed E-state index contributed by atoms with van der Waals surface area (Å²) < 4.78 is 20.5. The Morgan fingerprint density at radius 1 is 0.527 bits per heavy atom. The second-order valence-corrected chi connectivity index (χ2v) is 28.9. The van der Waals surface area contributed by atoms with Crippen LogP contribution in [0, 0.1) is 0 Å².